The summed E-state index contributed by atoms with van der Waals surface area (Å²) in [6.07, 6.45) is 2.81. The lowest BCUT2D eigenvalue weighted by atomic mass is 9.96. The van der Waals surface area contributed by atoms with Crippen molar-refractivity contribution >= 4 is 17.3 Å². The normalized spacial score (nSPS) is 11.9. The van der Waals surface area contributed by atoms with Gasteiger partial charge in [-0.15, -0.1) is 0 Å². The largest absolute Gasteiger partial charge is 0.506 e. The van der Waals surface area contributed by atoms with Gasteiger partial charge in [0, 0.05) is 18.6 Å². The lowest BCUT2D eigenvalue weighted by Crippen LogP contribution is -2.15. The zero-order valence-electron chi connectivity index (χ0n) is 12.0. The Kier molecular flexibility index (Phi) is 6.61. The number of amides is 1. The molecular formula is C14H21N3O4. The average molecular weight is 295 g/mol. The Bertz CT molecular complexity index is 505. The van der Waals surface area contributed by atoms with E-state index in [9.17, 15) is 20.0 Å². The van der Waals surface area contributed by atoms with Crippen LogP contribution in [0.3, 0.4) is 0 Å². The maximum atomic E-state index is 11.8. The minimum atomic E-state index is -0.580. The van der Waals surface area contributed by atoms with Gasteiger partial charge in [0.25, 0.3) is 5.69 Å². The minimum absolute atomic E-state index is 0.0565. The third-order valence-electron chi connectivity index (χ3n) is 3.40. The first-order valence-corrected chi connectivity index (χ1v) is 6.95. The Morgan fingerprint density at radius 2 is 2.19 bits per heavy atom. The van der Waals surface area contributed by atoms with Crippen LogP contribution >= 0.6 is 0 Å². The fraction of sp³-hybridized carbons (Fsp3) is 0.500. The summed E-state index contributed by atoms with van der Waals surface area (Å²) in [7, 11) is 0. The summed E-state index contributed by atoms with van der Waals surface area (Å²) in [6, 6.07) is 3.51. The van der Waals surface area contributed by atoms with Crippen LogP contribution in [0, 0.1) is 16.0 Å². The molecule has 0 bridgehead atoms. The molecule has 1 rings (SSSR count). The molecule has 0 spiro atoms. The van der Waals surface area contributed by atoms with Crippen molar-refractivity contribution in [2.24, 2.45) is 11.7 Å². The number of phenols is 1. The second-order valence-corrected chi connectivity index (χ2v) is 4.90. The van der Waals surface area contributed by atoms with Crippen molar-refractivity contribution < 1.29 is 14.8 Å². The standard InChI is InChI=1S/C14H21N3O4/c1-2-10(7-8-15)3-6-14(19)16-12-9-11(17(20)21)4-5-13(12)18/h4-5,9-10,18H,2-3,6-8,15H2,1H3,(H,16,19). The number of anilines is 1. The minimum Gasteiger partial charge on any atom is -0.506 e. The molecule has 7 heteroatoms. The van der Waals surface area contributed by atoms with Crippen LogP contribution in [0.2, 0.25) is 0 Å². The Labute approximate surface area is 123 Å². The number of carbonyl (C=O) groups excluding carboxylic acids is 1. The summed E-state index contributed by atoms with van der Waals surface area (Å²) in [5, 5.41) is 22.8. The molecule has 0 heterocycles. The van der Waals surface area contributed by atoms with Gasteiger partial charge in [-0.05, 0) is 31.4 Å². The predicted octanol–water partition coefficient (Wildman–Crippen LogP) is 2.39. The maximum Gasteiger partial charge on any atom is 0.271 e. The van der Waals surface area contributed by atoms with Crippen LogP contribution in [0.15, 0.2) is 18.2 Å². The molecule has 0 saturated heterocycles. The van der Waals surface area contributed by atoms with Gasteiger partial charge >= 0.3 is 0 Å². The molecule has 21 heavy (non-hydrogen) atoms. The summed E-state index contributed by atoms with van der Waals surface area (Å²) in [5.74, 6) is -0.0799. The quantitative estimate of drug-likeness (QED) is 0.386. The number of nitro groups is 1. The lowest BCUT2D eigenvalue weighted by molar-refractivity contribution is -0.384. The number of phenolic OH excluding ortho intramolecular Hbond substituents is 1. The van der Waals surface area contributed by atoms with E-state index >= 15 is 0 Å². The van der Waals surface area contributed by atoms with Gasteiger partial charge in [0.2, 0.25) is 5.91 Å². The molecule has 116 valence electrons. The van der Waals surface area contributed by atoms with E-state index < -0.39 is 4.92 Å². The van der Waals surface area contributed by atoms with Crippen molar-refractivity contribution in [3.8, 4) is 5.75 Å². The number of nitrogens with one attached hydrogen (secondary N) is 1. The molecule has 0 aliphatic carbocycles. The predicted molar refractivity (Wildman–Crippen MR) is 80.1 cm³/mol. The van der Waals surface area contributed by atoms with Crippen molar-refractivity contribution in [2.45, 2.75) is 32.6 Å². The van der Waals surface area contributed by atoms with Gasteiger partial charge in [-0.1, -0.05) is 13.3 Å². The highest BCUT2D eigenvalue weighted by Crippen LogP contribution is 2.28. The van der Waals surface area contributed by atoms with Crippen molar-refractivity contribution in [3.63, 3.8) is 0 Å². The van der Waals surface area contributed by atoms with Crippen molar-refractivity contribution in [1.82, 2.24) is 0 Å². The SMILES string of the molecule is CCC(CCN)CCC(=O)Nc1cc([N+](=O)[O-])ccc1O. The molecule has 1 unspecified atom stereocenters. The van der Waals surface area contributed by atoms with E-state index in [1.165, 1.54) is 12.1 Å². The smallest absolute Gasteiger partial charge is 0.271 e. The number of nitrogens with zero attached hydrogens (tertiary/aromatic N) is 1. The van der Waals surface area contributed by atoms with Gasteiger partial charge in [0.15, 0.2) is 0 Å². The summed E-state index contributed by atoms with van der Waals surface area (Å²) in [5.41, 5.74) is 5.38. The van der Waals surface area contributed by atoms with Crippen LogP contribution in [0.25, 0.3) is 0 Å². The van der Waals surface area contributed by atoms with E-state index in [0.717, 1.165) is 18.9 Å². The number of hydrogen-bond donors (Lipinski definition) is 3. The summed E-state index contributed by atoms with van der Waals surface area (Å²) in [4.78, 5) is 21.9. The second kappa shape index (κ2) is 8.21. The van der Waals surface area contributed by atoms with Crippen molar-refractivity contribution in [1.29, 1.82) is 0 Å². The van der Waals surface area contributed by atoms with Gasteiger partial charge in [-0.3, -0.25) is 14.9 Å². The van der Waals surface area contributed by atoms with Crippen LogP contribution in [0.4, 0.5) is 11.4 Å². The highest BCUT2D eigenvalue weighted by atomic mass is 16.6. The molecule has 1 aromatic carbocycles. The van der Waals surface area contributed by atoms with E-state index in [2.05, 4.69) is 5.32 Å². The number of nitro benzene ring substituents is 1. The number of carbonyl (C=O) groups is 1. The zero-order valence-corrected chi connectivity index (χ0v) is 12.0. The van der Waals surface area contributed by atoms with E-state index in [0.29, 0.717) is 25.3 Å². The number of benzene rings is 1. The van der Waals surface area contributed by atoms with Crippen molar-refractivity contribution in [3.05, 3.63) is 28.3 Å². The lowest BCUT2D eigenvalue weighted by Gasteiger charge is -2.13. The van der Waals surface area contributed by atoms with Gasteiger partial charge in [0.05, 0.1) is 10.6 Å². The molecule has 0 saturated carbocycles. The average Bonchev–Trinajstić information content (AvgIpc) is 2.45. The first-order chi connectivity index (χ1) is 9.97. The first-order valence-electron chi connectivity index (χ1n) is 6.95. The molecule has 0 aliphatic rings. The van der Waals surface area contributed by atoms with E-state index in [1.54, 1.807) is 0 Å². The molecule has 7 nitrogen and oxygen atoms in total. The Morgan fingerprint density at radius 1 is 1.48 bits per heavy atom. The molecular weight excluding hydrogens is 274 g/mol. The first kappa shape index (κ1) is 16.9. The van der Waals surface area contributed by atoms with E-state index in [4.69, 9.17) is 5.73 Å². The number of aromatic hydroxyl groups is 1. The monoisotopic (exact) mass is 295 g/mol. The van der Waals surface area contributed by atoms with Gasteiger partial charge in [-0.25, -0.2) is 0 Å². The molecule has 0 aliphatic heterocycles. The van der Waals surface area contributed by atoms with Crippen LogP contribution in [0.5, 0.6) is 5.75 Å². The van der Waals surface area contributed by atoms with Crippen LogP contribution in [-0.2, 0) is 4.79 Å². The van der Waals surface area contributed by atoms with E-state index in [-0.39, 0.29) is 23.0 Å². The topological polar surface area (TPSA) is 118 Å². The van der Waals surface area contributed by atoms with Gasteiger partial charge < -0.3 is 16.2 Å². The molecule has 1 aromatic rings. The fourth-order valence-electron chi connectivity index (χ4n) is 2.07. The molecule has 1 amide bonds. The highest BCUT2D eigenvalue weighted by Gasteiger charge is 2.14. The Balaban J connectivity index is 2.62. The maximum absolute atomic E-state index is 11.8. The summed E-state index contributed by atoms with van der Waals surface area (Å²) >= 11 is 0. The number of hydrogen-bond acceptors (Lipinski definition) is 5. The third kappa shape index (κ3) is 5.39. The van der Waals surface area contributed by atoms with Crippen LogP contribution in [-0.4, -0.2) is 22.5 Å². The summed E-state index contributed by atoms with van der Waals surface area (Å²) < 4.78 is 0. The summed E-state index contributed by atoms with van der Waals surface area (Å²) in [6.45, 7) is 2.64. The molecule has 0 fully saturated rings. The number of nitrogens with two attached hydrogens (primary N) is 1. The molecule has 4 N–H and O–H groups in total. The molecule has 1 atom stereocenters. The molecule has 0 radical (unpaired) electrons. The van der Waals surface area contributed by atoms with E-state index in [1.807, 2.05) is 6.92 Å². The fourth-order valence-corrected chi connectivity index (χ4v) is 2.07. The zero-order chi connectivity index (χ0) is 15.8. The highest BCUT2D eigenvalue weighted by molar-refractivity contribution is 5.92. The van der Waals surface area contributed by atoms with Crippen LogP contribution in [0.1, 0.15) is 32.6 Å². The Morgan fingerprint density at radius 3 is 2.76 bits per heavy atom. The molecule has 0 aromatic heterocycles. The van der Waals surface area contributed by atoms with Gasteiger partial charge in [0.1, 0.15) is 5.75 Å². The van der Waals surface area contributed by atoms with Crippen molar-refractivity contribution in [2.75, 3.05) is 11.9 Å². The Hall–Kier alpha value is -2.15. The third-order valence-corrected chi connectivity index (χ3v) is 3.40. The van der Waals surface area contributed by atoms with Gasteiger partial charge in [-0.2, -0.15) is 0 Å². The number of non-ortho nitro benzene ring substituents is 1. The van der Waals surface area contributed by atoms with Crippen LogP contribution < -0.4 is 11.1 Å². The second-order valence-electron chi connectivity index (χ2n) is 4.90. The number of rotatable bonds is 8.